The Kier molecular flexibility index (Phi) is 4.62. The number of benzene rings is 3. The molecule has 2 heterocycles. The molecule has 5 aromatic rings. The lowest BCUT2D eigenvalue weighted by molar-refractivity contribution is 0.565. The van der Waals surface area contributed by atoms with Crippen molar-refractivity contribution in [2.24, 2.45) is 4.99 Å². The van der Waals surface area contributed by atoms with Crippen LogP contribution in [0.4, 0.5) is 5.69 Å². The Labute approximate surface area is 179 Å². The smallest absolute Gasteiger partial charge is 0.240 e. The zero-order valence-electron chi connectivity index (χ0n) is 17.3. The second-order valence-electron chi connectivity index (χ2n) is 7.57. The minimum atomic E-state index is 0.548. The summed E-state index contributed by atoms with van der Waals surface area (Å²) in [5.74, 6) is 0. The number of aliphatic imine (C=N–C) groups is 1. The van der Waals surface area contributed by atoms with Crippen LogP contribution in [0.5, 0.6) is 0 Å². The van der Waals surface area contributed by atoms with Crippen LogP contribution >= 0.6 is 0 Å². The Bertz CT molecular complexity index is 1490. The summed E-state index contributed by atoms with van der Waals surface area (Å²) in [5.41, 5.74) is 8.01. The fourth-order valence-corrected chi connectivity index (χ4v) is 4.16. The maximum Gasteiger partial charge on any atom is 0.240 e. The number of isocyanates is 1. The van der Waals surface area contributed by atoms with Crippen LogP contribution in [0.2, 0.25) is 0 Å². The summed E-state index contributed by atoms with van der Waals surface area (Å²) >= 11 is 0. The van der Waals surface area contributed by atoms with Crippen LogP contribution in [-0.4, -0.2) is 16.0 Å². The number of pyridine rings is 2. The molecule has 2 aromatic heterocycles. The van der Waals surface area contributed by atoms with Crippen LogP contribution in [-0.2, 0) is 4.79 Å². The Morgan fingerprint density at radius 1 is 0.710 bits per heavy atom. The molecule has 0 atom stereocenters. The first-order chi connectivity index (χ1) is 15.2. The summed E-state index contributed by atoms with van der Waals surface area (Å²) in [5, 5.41) is 1.72. The maximum absolute atomic E-state index is 11.4. The van der Waals surface area contributed by atoms with E-state index in [2.05, 4.69) is 23.2 Å². The van der Waals surface area contributed by atoms with Gasteiger partial charge in [-0.05, 0) is 54.3 Å². The van der Waals surface area contributed by atoms with Crippen molar-refractivity contribution in [1.82, 2.24) is 9.97 Å². The lowest BCUT2D eigenvalue weighted by Crippen LogP contribution is -1.95. The number of aryl methyl sites for hydroxylation is 2. The summed E-state index contributed by atoms with van der Waals surface area (Å²) in [6.07, 6.45) is 1.73. The SMILES string of the molecule is Cc1cc(-c2ccccc2)c2cc(N=C=O)c3c(-c4ccccc4)cc(C)nc3c2n1. The highest BCUT2D eigenvalue weighted by Gasteiger charge is 2.18. The van der Waals surface area contributed by atoms with Gasteiger partial charge in [-0.3, -0.25) is 9.97 Å². The van der Waals surface area contributed by atoms with Gasteiger partial charge in [0, 0.05) is 22.2 Å². The molecule has 4 heteroatoms. The molecule has 148 valence electrons. The number of hydrogen-bond donors (Lipinski definition) is 0. The van der Waals surface area contributed by atoms with E-state index >= 15 is 0 Å². The number of nitrogens with zero attached hydrogens (tertiary/aromatic N) is 3. The minimum absolute atomic E-state index is 0.548. The molecule has 0 unspecified atom stereocenters. The van der Waals surface area contributed by atoms with Gasteiger partial charge in [0.1, 0.15) is 0 Å². The Balaban J connectivity index is 1.99. The molecule has 31 heavy (non-hydrogen) atoms. The summed E-state index contributed by atoms with van der Waals surface area (Å²) in [7, 11) is 0. The van der Waals surface area contributed by atoms with Crippen molar-refractivity contribution >= 4 is 33.6 Å². The van der Waals surface area contributed by atoms with Gasteiger partial charge in [0.2, 0.25) is 6.08 Å². The van der Waals surface area contributed by atoms with Crippen LogP contribution in [0, 0.1) is 13.8 Å². The summed E-state index contributed by atoms with van der Waals surface area (Å²) in [6, 6.07) is 26.3. The second-order valence-corrected chi connectivity index (χ2v) is 7.57. The van der Waals surface area contributed by atoms with Gasteiger partial charge in [-0.15, -0.1) is 0 Å². The molecule has 4 nitrogen and oxygen atoms in total. The molecule has 0 spiro atoms. The zero-order chi connectivity index (χ0) is 21.4. The van der Waals surface area contributed by atoms with Gasteiger partial charge in [0.15, 0.2) is 0 Å². The molecule has 0 aliphatic carbocycles. The topological polar surface area (TPSA) is 55.2 Å². The molecular formula is C27H19N3O. The average Bonchev–Trinajstić information content (AvgIpc) is 2.80. The monoisotopic (exact) mass is 401 g/mol. The van der Waals surface area contributed by atoms with Gasteiger partial charge in [-0.25, -0.2) is 4.79 Å². The molecule has 0 fully saturated rings. The Hall–Kier alpha value is -4.14. The van der Waals surface area contributed by atoms with E-state index in [4.69, 9.17) is 9.97 Å². The number of aromatic nitrogens is 2. The van der Waals surface area contributed by atoms with Crippen molar-refractivity contribution in [3.63, 3.8) is 0 Å². The molecule has 0 saturated carbocycles. The number of fused-ring (bicyclic) bond motifs is 3. The lowest BCUT2D eigenvalue weighted by atomic mass is 9.94. The van der Waals surface area contributed by atoms with E-state index in [1.54, 1.807) is 6.08 Å². The van der Waals surface area contributed by atoms with Crippen LogP contribution in [0.15, 0.2) is 83.9 Å². The number of rotatable bonds is 3. The molecule has 0 radical (unpaired) electrons. The van der Waals surface area contributed by atoms with E-state index in [1.807, 2.05) is 74.5 Å². The van der Waals surface area contributed by atoms with E-state index in [0.717, 1.165) is 55.4 Å². The highest BCUT2D eigenvalue weighted by Crippen LogP contribution is 2.41. The van der Waals surface area contributed by atoms with Gasteiger partial charge in [0.05, 0.1) is 16.7 Å². The van der Waals surface area contributed by atoms with Gasteiger partial charge >= 0.3 is 0 Å². The molecule has 0 amide bonds. The maximum atomic E-state index is 11.4. The molecule has 0 N–H and O–H groups in total. The molecule has 0 bridgehead atoms. The van der Waals surface area contributed by atoms with Crippen LogP contribution in [0.3, 0.4) is 0 Å². The predicted octanol–water partition coefficient (Wildman–Crippen LogP) is 6.70. The van der Waals surface area contributed by atoms with E-state index in [-0.39, 0.29) is 0 Å². The van der Waals surface area contributed by atoms with Crippen molar-refractivity contribution in [3.8, 4) is 22.3 Å². The third-order valence-corrected chi connectivity index (χ3v) is 5.43. The normalized spacial score (nSPS) is 10.9. The summed E-state index contributed by atoms with van der Waals surface area (Å²) in [4.78, 5) is 25.2. The van der Waals surface area contributed by atoms with Crippen LogP contribution < -0.4 is 0 Å². The minimum Gasteiger partial charge on any atom is -0.251 e. The number of hydrogen-bond acceptors (Lipinski definition) is 4. The van der Waals surface area contributed by atoms with Gasteiger partial charge < -0.3 is 0 Å². The third-order valence-electron chi connectivity index (χ3n) is 5.43. The van der Waals surface area contributed by atoms with Crippen molar-refractivity contribution in [2.45, 2.75) is 13.8 Å². The van der Waals surface area contributed by atoms with Crippen molar-refractivity contribution in [1.29, 1.82) is 0 Å². The van der Waals surface area contributed by atoms with Crippen LogP contribution in [0.1, 0.15) is 11.4 Å². The molecule has 5 rings (SSSR count). The molecule has 0 saturated heterocycles. The lowest BCUT2D eigenvalue weighted by Gasteiger charge is -2.15. The van der Waals surface area contributed by atoms with Crippen LogP contribution in [0.25, 0.3) is 44.1 Å². The van der Waals surface area contributed by atoms with Crippen molar-refractivity contribution in [2.75, 3.05) is 0 Å². The standard InChI is InChI=1S/C27H19N3O/c1-17-13-21(19-9-5-3-6-10-19)23-15-24(28-16-31)25-22(20-11-7-4-8-12-20)14-18(2)30-27(25)26(23)29-17/h3-15H,1-2H3. The molecule has 3 aromatic carbocycles. The fourth-order valence-electron chi connectivity index (χ4n) is 4.16. The summed E-state index contributed by atoms with van der Waals surface area (Å²) in [6.45, 7) is 3.96. The van der Waals surface area contributed by atoms with E-state index in [9.17, 15) is 4.79 Å². The fraction of sp³-hybridized carbons (Fsp3) is 0.0741. The van der Waals surface area contributed by atoms with E-state index in [0.29, 0.717) is 5.69 Å². The number of carbonyl (C=O) groups excluding carboxylic acids is 1. The first-order valence-corrected chi connectivity index (χ1v) is 10.1. The quantitative estimate of drug-likeness (QED) is 0.192. The highest BCUT2D eigenvalue weighted by molar-refractivity contribution is 6.17. The average molecular weight is 401 g/mol. The van der Waals surface area contributed by atoms with Crippen molar-refractivity contribution in [3.05, 3.63) is 90.3 Å². The van der Waals surface area contributed by atoms with Gasteiger partial charge in [-0.2, -0.15) is 4.99 Å². The summed E-state index contributed by atoms with van der Waals surface area (Å²) < 4.78 is 0. The predicted molar refractivity (Wildman–Crippen MR) is 125 cm³/mol. The molecule has 0 aliphatic rings. The third kappa shape index (κ3) is 3.29. The van der Waals surface area contributed by atoms with Gasteiger partial charge in [0.25, 0.3) is 0 Å². The highest BCUT2D eigenvalue weighted by atomic mass is 16.1. The van der Waals surface area contributed by atoms with E-state index < -0.39 is 0 Å². The van der Waals surface area contributed by atoms with Gasteiger partial charge in [-0.1, -0.05) is 60.7 Å². The molecule has 0 aliphatic heterocycles. The largest absolute Gasteiger partial charge is 0.251 e. The van der Waals surface area contributed by atoms with Crippen molar-refractivity contribution < 1.29 is 4.79 Å². The first kappa shape index (κ1) is 18.9. The molecular weight excluding hydrogens is 382 g/mol. The zero-order valence-corrected chi connectivity index (χ0v) is 17.3. The second kappa shape index (κ2) is 7.60. The Morgan fingerprint density at radius 3 is 1.87 bits per heavy atom. The van der Waals surface area contributed by atoms with E-state index in [1.165, 1.54) is 0 Å². The first-order valence-electron chi connectivity index (χ1n) is 10.1. The Morgan fingerprint density at radius 2 is 1.26 bits per heavy atom.